The molecule has 0 amide bonds. The molecule has 4 heteroatoms. The average Bonchev–Trinajstić information content (AvgIpc) is 2.77. The summed E-state index contributed by atoms with van der Waals surface area (Å²) >= 11 is 5.99. The standard InChI is InChI=1S/C14H18ClNO2/c1-8-2-4-13(17-8)14-7-11(16)10-6-9(15)3-5-12(10)18-14/h3,5-6,8,11,13-14H,2,4,7,16H2,1H3. The lowest BCUT2D eigenvalue weighted by Crippen LogP contribution is -2.38. The van der Waals surface area contributed by atoms with Gasteiger partial charge in [-0.3, -0.25) is 0 Å². The first kappa shape index (κ1) is 12.3. The Morgan fingerprint density at radius 2 is 2.11 bits per heavy atom. The predicted octanol–water partition coefficient (Wildman–Crippen LogP) is 3.06. The van der Waals surface area contributed by atoms with Gasteiger partial charge in [-0.1, -0.05) is 11.6 Å². The molecule has 1 fully saturated rings. The van der Waals surface area contributed by atoms with E-state index in [1.54, 1.807) is 0 Å². The first-order chi connectivity index (χ1) is 8.63. The fraction of sp³-hybridized carbons (Fsp3) is 0.571. The number of nitrogens with two attached hydrogens (primary N) is 1. The molecule has 98 valence electrons. The first-order valence-electron chi connectivity index (χ1n) is 6.50. The summed E-state index contributed by atoms with van der Waals surface area (Å²) in [7, 11) is 0. The van der Waals surface area contributed by atoms with E-state index in [0.29, 0.717) is 11.1 Å². The van der Waals surface area contributed by atoms with E-state index in [-0.39, 0.29) is 18.2 Å². The lowest BCUT2D eigenvalue weighted by atomic mass is 9.94. The number of fused-ring (bicyclic) bond motifs is 1. The maximum absolute atomic E-state index is 6.21. The molecule has 1 aromatic rings. The molecule has 0 radical (unpaired) electrons. The van der Waals surface area contributed by atoms with Crippen molar-refractivity contribution in [2.75, 3.05) is 0 Å². The number of rotatable bonds is 1. The second-order valence-electron chi connectivity index (χ2n) is 5.24. The summed E-state index contributed by atoms with van der Waals surface area (Å²) in [5.41, 5.74) is 7.22. The van der Waals surface area contributed by atoms with Crippen molar-refractivity contribution in [1.29, 1.82) is 0 Å². The van der Waals surface area contributed by atoms with Crippen LogP contribution in [-0.2, 0) is 4.74 Å². The van der Waals surface area contributed by atoms with Crippen LogP contribution >= 0.6 is 11.6 Å². The third kappa shape index (κ3) is 2.22. The average molecular weight is 268 g/mol. The van der Waals surface area contributed by atoms with E-state index >= 15 is 0 Å². The monoisotopic (exact) mass is 267 g/mol. The minimum Gasteiger partial charge on any atom is -0.487 e. The minimum atomic E-state index is -0.0167. The third-order valence-corrected chi connectivity index (χ3v) is 4.05. The largest absolute Gasteiger partial charge is 0.487 e. The summed E-state index contributed by atoms with van der Waals surface area (Å²) in [5.74, 6) is 0.853. The highest BCUT2D eigenvalue weighted by atomic mass is 35.5. The van der Waals surface area contributed by atoms with Gasteiger partial charge in [0.15, 0.2) is 0 Å². The lowest BCUT2D eigenvalue weighted by molar-refractivity contribution is -0.0281. The zero-order valence-corrected chi connectivity index (χ0v) is 11.2. The quantitative estimate of drug-likeness (QED) is 0.851. The highest BCUT2D eigenvalue weighted by Crippen LogP contribution is 2.38. The van der Waals surface area contributed by atoms with E-state index in [4.69, 9.17) is 26.8 Å². The molecule has 2 aliphatic heterocycles. The topological polar surface area (TPSA) is 44.5 Å². The molecule has 3 nitrogen and oxygen atoms in total. The van der Waals surface area contributed by atoms with Crippen LogP contribution in [0.1, 0.15) is 37.8 Å². The Labute approximate surface area is 112 Å². The van der Waals surface area contributed by atoms with Crippen LogP contribution in [-0.4, -0.2) is 18.3 Å². The van der Waals surface area contributed by atoms with E-state index in [2.05, 4.69) is 6.92 Å². The molecular formula is C14H18ClNO2. The molecule has 3 rings (SSSR count). The number of ether oxygens (including phenoxy) is 2. The number of hydrogen-bond donors (Lipinski definition) is 1. The Balaban J connectivity index is 1.81. The Morgan fingerprint density at radius 1 is 1.28 bits per heavy atom. The summed E-state index contributed by atoms with van der Waals surface area (Å²) in [6.45, 7) is 2.11. The van der Waals surface area contributed by atoms with Gasteiger partial charge < -0.3 is 15.2 Å². The van der Waals surface area contributed by atoms with Gasteiger partial charge in [0.2, 0.25) is 0 Å². The maximum atomic E-state index is 6.21. The van der Waals surface area contributed by atoms with Crippen molar-refractivity contribution in [3.8, 4) is 5.75 Å². The van der Waals surface area contributed by atoms with Crippen molar-refractivity contribution in [1.82, 2.24) is 0 Å². The first-order valence-corrected chi connectivity index (χ1v) is 6.88. The molecule has 4 atom stereocenters. The van der Waals surface area contributed by atoms with Gasteiger partial charge in [0.25, 0.3) is 0 Å². The van der Waals surface area contributed by atoms with Gasteiger partial charge in [-0.15, -0.1) is 0 Å². The SMILES string of the molecule is CC1CCC(C2CC(N)c3cc(Cl)ccc3O2)O1. The fourth-order valence-corrected chi connectivity index (χ4v) is 3.02. The molecule has 0 aliphatic carbocycles. The van der Waals surface area contributed by atoms with E-state index in [9.17, 15) is 0 Å². The number of hydrogen-bond acceptors (Lipinski definition) is 3. The molecule has 0 bridgehead atoms. The van der Waals surface area contributed by atoms with Gasteiger partial charge in [0, 0.05) is 23.0 Å². The molecule has 4 unspecified atom stereocenters. The summed E-state index contributed by atoms with van der Waals surface area (Å²) in [4.78, 5) is 0. The van der Waals surface area contributed by atoms with Gasteiger partial charge in [-0.25, -0.2) is 0 Å². The molecular weight excluding hydrogens is 250 g/mol. The molecule has 18 heavy (non-hydrogen) atoms. The van der Waals surface area contributed by atoms with E-state index in [0.717, 1.165) is 30.6 Å². The smallest absolute Gasteiger partial charge is 0.127 e. The second kappa shape index (κ2) is 4.72. The molecule has 2 aliphatic rings. The minimum absolute atomic E-state index is 0.0167. The van der Waals surface area contributed by atoms with Crippen LogP contribution in [0.4, 0.5) is 0 Å². The highest BCUT2D eigenvalue weighted by molar-refractivity contribution is 6.30. The van der Waals surface area contributed by atoms with Crippen molar-refractivity contribution >= 4 is 11.6 Å². The molecule has 0 saturated carbocycles. The van der Waals surface area contributed by atoms with Crippen LogP contribution in [0.3, 0.4) is 0 Å². The zero-order chi connectivity index (χ0) is 12.7. The lowest BCUT2D eigenvalue weighted by Gasteiger charge is -2.33. The van der Waals surface area contributed by atoms with Crippen molar-refractivity contribution in [3.05, 3.63) is 28.8 Å². The van der Waals surface area contributed by atoms with Crippen molar-refractivity contribution in [2.24, 2.45) is 5.73 Å². The predicted molar refractivity (Wildman–Crippen MR) is 71.0 cm³/mol. The molecule has 1 saturated heterocycles. The fourth-order valence-electron chi connectivity index (χ4n) is 2.84. The van der Waals surface area contributed by atoms with Crippen LogP contribution in [0, 0.1) is 0 Å². The van der Waals surface area contributed by atoms with Crippen molar-refractivity contribution < 1.29 is 9.47 Å². The third-order valence-electron chi connectivity index (χ3n) is 3.82. The maximum Gasteiger partial charge on any atom is 0.127 e. The van der Waals surface area contributed by atoms with Crippen LogP contribution < -0.4 is 10.5 Å². The Hall–Kier alpha value is -0.770. The van der Waals surface area contributed by atoms with Crippen molar-refractivity contribution in [3.63, 3.8) is 0 Å². The Kier molecular flexibility index (Phi) is 3.22. The summed E-state index contributed by atoms with van der Waals surface area (Å²) in [6, 6.07) is 5.63. The number of halogens is 1. The zero-order valence-electron chi connectivity index (χ0n) is 10.4. The molecule has 1 aromatic carbocycles. The van der Waals surface area contributed by atoms with Gasteiger partial charge in [0.1, 0.15) is 11.9 Å². The highest BCUT2D eigenvalue weighted by Gasteiger charge is 2.36. The molecule has 0 aromatic heterocycles. The van der Waals surface area contributed by atoms with Gasteiger partial charge in [0.05, 0.1) is 12.2 Å². The van der Waals surface area contributed by atoms with Crippen LogP contribution in [0.15, 0.2) is 18.2 Å². The number of benzene rings is 1. The van der Waals surface area contributed by atoms with Gasteiger partial charge >= 0.3 is 0 Å². The van der Waals surface area contributed by atoms with E-state index in [1.165, 1.54) is 0 Å². The summed E-state index contributed by atoms with van der Waals surface area (Å²) in [5, 5.41) is 0.706. The Morgan fingerprint density at radius 3 is 2.83 bits per heavy atom. The second-order valence-corrected chi connectivity index (χ2v) is 5.68. The van der Waals surface area contributed by atoms with Gasteiger partial charge in [-0.05, 0) is 38.0 Å². The molecule has 2 N–H and O–H groups in total. The summed E-state index contributed by atoms with van der Waals surface area (Å²) in [6.07, 6.45) is 3.54. The van der Waals surface area contributed by atoms with E-state index in [1.807, 2.05) is 18.2 Å². The van der Waals surface area contributed by atoms with Crippen LogP contribution in [0.2, 0.25) is 5.02 Å². The summed E-state index contributed by atoms with van der Waals surface area (Å²) < 4.78 is 11.9. The van der Waals surface area contributed by atoms with Crippen molar-refractivity contribution in [2.45, 2.75) is 50.5 Å². The van der Waals surface area contributed by atoms with E-state index < -0.39 is 0 Å². The Bertz CT molecular complexity index is 451. The molecule has 0 spiro atoms. The van der Waals surface area contributed by atoms with Crippen LogP contribution in [0.25, 0.3) is 0 Å². The molecule has 2 heterocycles. The normalized spacial score (nSPS) is 35.1. The van der Waals surface area contributed by atoms with Gasteiger partial charge in [-0.2, -0.15) is 0 Å². The van der Waals surface area contributed by atoms with Crippen LogP contribution in [0.5, 0.6) is 5.75 Å².